The third kappa shape index (κ3) is 2.16. The van der Waals surface area contributed by atoms with Crippen LogP contribution < -0.4 is 4.74 Å². The molecule has 6 heteroatoms. The molecular formula is C9H7NO5. The largest absolute Gasteiger partial charge is 0.490 e. The van der Waals surface area contributed by atoms with Gasteiger partial charge >= 0.3 is 5.69 Å². The summed E-state index contributed by atoms with van der Waals surface area (Å²) in [5.41, 5.74) is -0.188. The lowest BCUT2D eigenvalue weighted by molar-refractivity contribution is -0.385. The van der Waals surface area contributed by atoms with Gasteiger partial charge in [0.1, 0.15) is 0 Å². The van der Waals surface area contributed by atoms with E-state index in [9.17, 15) is 19.7 Å². The van der Waals surface area contributed by atoms with Gasteiger partial charge < -0.3 is 4.74 Å². The van der Waals surface area contributed by atoms with Crippen molar-refractivity contribution in [2.24, 2.45) is 0 Å². The van der Waals surface area contributed by atoms with Crippen molar-refractivity contribution in [3.05, 3.63) is 33.9 Å². The second-order valence-corrected chi connectivity index (χ2v) is 2.63. The number of Topliss-reactive ketones (excluding diaryl/α,β-unsaturated/α-hetero) is 1. The second-order valence-electron chi connectivity index (χ2n) is 2.63. The molecule has 0 amide bonds. The number of carbonyl (C=O) groups is 2. The van der Waals surface area contributed by atoms with Crippen LogP contribution in [0.4, 0.5) is 5.69 Å². The fourth-order valence-corrected chi connectivity index (χ4v) is 1.05. The van der Waals surface area contributed by atoms with E-state index >= 15 is 0 Å². The summed E-state index contributed by atoms with van der Waals surface area (Å²) in [6.07, 6.45) is 0.139. The van der Waals surface area contributed by atoms with Crippen molar-refractivity contribution >= 4 is 17.8 Å². The normalized spacial score (nSPS) is 9.40. The summed E-state index contributed by atoms with van der Waals surface area (Å²) in [5, 5.41) is 10.5. The van der Waals surface area contributed by atoms with Crippen LogP contribution in [-0.4, -0.2) is 24.1 Å². The number of carbonyl (C=O) groups excluding carboxylic acids is 2. The smallest absolute Gasteiger partial charge is 0.310 e. The number of rotatable bonds is 4. The van der Waals surface area contributed by atoms with Crippen LogP contribution >= 0.6 is 0 Å². The topological polar surface area (TPSA) is 86.5 Å². The van der Waals surface area contributed by atoms with Crippen molar-refractivity contribution in [3.8, 4) is 5.75 Å². The minimum atomic E-state index is -0.747. The van der Waals surface area contributed by atoms with Gasteiger partial charge in [0.2, 0.25) is 5.78 Å². The van der Waals surface area contributed by atoms with Gasteiger partial charge in [-0.1, -0.05) is 0 Å². The number of nitrogens with zero attached hydrogens (tertiary/aromatic N) is 1. The van der Waals surface area contributed by atoms with E-state index in [1.807, 2.05) is 0 Å². The Balaban J connectivity index is 3.24. The lowest BCUT2D eigenvalue weighted by Crippen LogP contribution is -2.01. The third-order valence-electron chi connectivity index (χ3n) is 1.77. The molecule has 0 unspecified atom stereocenters. The number of aldehydes is 1. The van der Waals surface area contributed by atoms with Crippen LogP contribution in [0.5, 0.6) is 5.75 Å². The standard InChI is InChI=1S/C9H7NO5/c1-15-9-4-6(8(12)5-11)2-3-7(9)10(13)14/h2-5H,1H3. The predicted molar refractivity (Wildman–Crippen MR) is 50.0 cm³/mol. The van der Waals surface area contributed by atoms with Crippen molar-refractivity contribution in [2.45, 2.75) is 0 Å². The van der Waals surface area contributed by atoms with E-state index < -0.39 is 10.7 Å². The average molecular weight is 209 g/mol. The fraction of sp³-hybridized carbons (Fsp3) is 0.111. The molecule has 0 saturated carbocycles. The Morgan fingerprint density at radius 1 is 1.53 bits per heavy atom. The molecule has 0 heterocycles. The molecule has 0 aliphatic heterocycles. The van der Waals surface area contributed by atoms with Crippen molar-refractivity contribution in [1.82, 2.24) is 0 Å². The Morgan fingerprint density at radius 3 is 2.67 bits per heavy atom. The lowest BCUT2D eigenvalue weighted by Gasteiger charge is -2.02. The summed E-state index contributed by atoms with van der Waals surface area (Å²) in [6.45, 7) is 0. The van der Waals surface area contributed by atoms with E-state index in [1.54, 1.807) is 0 Å². The van der Waals surface area contributed by atoms with E-state index in [4.69, 9.17) is 4.74 Å². The van der Waals surface area contributed by atoms with Gasteiger partial charge in [0.15, 0.2) is 12.0 Å². The molecule has 0 spiro atoms. The van der Waals surface area contributed by atoms with Crippen LogP contribution in [-0.2, 0) is 4.79 Å². The Kier molecular flexibility index (Phi) is 3.12. The molecule has 78 valence electrons. The third-order valence-corrected chi connectivity index (χ3v) is 1.77. The van der Waals surface area contributed by atoms with Gasteiger partial charge in [-0.05, 0) is 12.1 Å². The first-order chi connectivity index (χ1) is 7.10. The summed E-state index contributed by atoms with van der Waals surface area (Å²) in [6, 6.07) is 3.49. The van der Waals surface area contributed by atoms with E-state index in [0.717, 1.165) is 12.1 Å². The Labute approximate surface area is 84.6 Å². The van der Waals surface area contributed by atoms with Gasteiger partial charge in [-0.2, -0.15) is 0 Å². The molecule has 0 aromatic heterocycles. The molecule has 1 aromatic rings. The van der Waals surface area contributed by atoms with Crippen molar-refractivity contribution in [3.63, 3.8) is 0 Å². The maximum Gasteiger partial charge on any atom is 0.310 e. The number of methoxy groups -OCH3 is 1. The van der Waals surface area contributed by atoms with E-state index in [0.29, 0.717) is 0 Å². The number of benzene rings is 1. The summed E-state index contributed by atoms with van der Waals surface area (Å²) in [7, 11) is 1.25. The van der Waals surface area contributed by atoms with Crippen molar-refractivity contribution in [1.29, 1.82) is 0 Å². The maximum absolute atomic E-state index is 11.0. The molecule has 15 heavy (non-hydrogen) atoms. The zero-order chi connectivity index (χ0) is 11.4. The molecule has 0 fully saturated rings. The minimum Gasteiger partial charge on any atom is -0.490 e. The van der Waals surface area contributed by atoms with Crippen LogP contribution in [0, 0.1) is 10.1 Å². The van der Waals surface area contributed by atoms with Gasteiger partial charge in [0, 0.05) is 11.6 Å². The molecule has 0 radical (unpaired) electrons. The van der Waals surface area contributed by atoms with Crippen LogP contribution in [0.1, 0.15) is 10.4 Å². The Bertz CT molecular complexity index is 427. The van der Waals surface area contributed by atoms with Gasteiger partial charge in [-0.25, -0.2) is 0 Å². The van der Waals surface area contributed by atoms with Gasteiger partial charge in [-0.15, -0.1) is 0 Å². The van der Waals surface area contributed by atoms with Crippen molar-refractivity contribution < 1.29 is 19.2 Å². The summed E-state index contributed by atoms with van der Waals surface area (Å²) >= 11 is 0. The van der Waals surface area contributed by atoms with E-state index in [-0.39, 0.29) is 23.3 Å². The van der Waals surface area contributed by atoms with Gasteiger partial charge in [0.25, 0.3) is 0 Å². The SMILES string of the molecule is COc1cc(C(=O)C=O)ccc1[N+](=O)[O-]. The van der Waals surface area contributed by atoms with Crippen LogP contribution in [0.25, 0.3) is 0 Å². The van der Waals surface area contributed by atoms with Gasteiger partial charge in [0.05, 0.1) is 12.0 Å². The Hall–Kier alpha value is -2.24. The van der Waals surface area contributed by atoms with E-state index in [1.165, 1.54) is 13.2 Å². The highest BCUT2D eigenvalue weighted by molar-refractivity contribution is 6.33. The van der Waals surface area contributed by atoms with Crippen LogP contribution in [0.3, 0.4) is 0 Å². The zero-order valence-electron chi connectivity index (χ0n) is 7.80. The average Bonchev–Trinajstić information content (AvgIpc) is 2.26. The molecule has 0 N–H and O–H groups in total. The van der Waals surface area contributed by atoms with Crippen LogP contribution in [0.2, 0.25) is 0 Å². The molecule has 0 aliphatic rings. The van der Waals surface area contributed by atoms with Crippen LogP contribution in [0.15, 0.2) is 18.2 Å². The van der Waals surface area contributed by atoms with E-state index in [2.05, 4.69) is 0 Å². The molecule has 0 aliphatic carbocycles. The number of hydrogen-bond acceptors (Lipinski definition) is 5. The highest BCUT2D eigenvalue weighted by atomic mass is 16.6. The quantitative estimate of drug-likeness (QED) is 0.242. The molecule has 0 saturated heterocycles. The first-order valence-corrected chi connectivity index (χ1v) is 3.92. The molecule has 0 bridgehead atoms. The monoisotopic (exact) mass is 209 g/mol. The summed E-state index contributed by atoms with van der Waals surface area (Å²) < 4.78 is 4.73. The number of nitro groups is 1. The number of ketones is 1. The second kappa shape index (κ2) is 4.32. The lowest BCUT2D eigenvalue weighted by atomic mass is 10.1. The molecule has 1 rings (SSSR count). The molecular weight excluding hydrogens is 202 g/mol. The number of nitro benzene ring substituents is 1. The maximum atomic E-state index is 11.0. The van der Waals surface area contributed by atoms with Gasteiger partial charge in [-0.3, -0.25) is 19.7 Å². The first kappa shape index (κ1) is 10.8. The number of hydrogen-bond donors (Lipinski definition) is 0. The highest BCUT2D eigenvalue weighted by Gasteiger charge is 2.16. The Morgan fingerprint density at radius 2 is 2.20 bits per heavy atom. The highest BCUT2D eigenvalue weighted by Crippen LogP contribution is 2.27. The predicted octanol–water partition coefficient (Wildman–Crippen LogP) is 0.985. The first-order valence-electron chi connectivity index (χ1n) is 3.92. The summed E-state index contributed by atoms with van der Waals surface area (Å²) in [5.74, 6) is -0.795. The molecule has 1 aromatic carbocycles. The zero-order valence-corrected chi connectivity index (χ0v) is 7.80. The molecule has 0 atom stereocenters. The molecule has 6 nitrogen and oxygen atoms in total. The minimum absolute atomic E-state index is 0.0484. The number of ether oxygens (including phenoxy) is 1. The fourth-order valence-electron chi connectivity index (χ4n) is 1.05. The summed E-state index contributed by atoms with van der Waals surface area (Å²) in [4.78, 5) is 31.0. The van der Waals surface area contributed by atoms with Crippen molar-refractivity contribution in [2.75, 3.05) is 7.11 Å².